The molecule has 0 radical (unpaired) electrons. The molecule has 0 aliphatic heterocycles. The Hall–Kier alpha value is -4.94. The summed E-state index contributed by atoms with van der Waals surface area (Å²) in [4.78, 5) is 11.3. The van der Waals surface area contributed by atoms with Gasteiger partial charge >= 0.3 is 0 Å². The molecule has 0 unspecified atom stereocenters. The van der Waals surface area contributed by atoms with Crippen molar-refractivity contribution in [3.63, 3.8) is 0 Å². The smallest absolute Gasteiger partial charge is 0.296 e. The number of anilines is 5. The first-order valence-corrected chi connectivity index (χ1v) is 15.9. The van der Waals surface area contributed by atoms with Gasteiger partial charge in [0, 0.05) is 16.8 Å². The molecule has 0 amide bonds. The molecule has 232 valence electrons. The van der Waals surface area contributed by atoms with Crippen LogP contribution in [0.1, 0.15) is 11.1 Å². The van der Waals surface area contributed by atoms with Gasteiger partial charge in [-0.1, -0.05) is 12.1 Å². The Labute approximate surface area is 261 Å². The molecule has 7 N–H and O–H groups in total. The van der Waals surface area contributed by atoms with Crippen molar-refractivity contribution in [1.29, 1.82) is 0 Å². The lowest BCUT2D eigenvalue weighted by Gasteiger charge is -2.15. The van der Waals surface area contributed by atoms with Gasteiger partial charge in [-0.05, 0) is 90.5 Å². The maximum atomic E-state index is 12.1. The Kier molecular flexibility index (Phi) is 8.30. The van der Waals surface area contributed by atoms with Gasteiger partial charge in [-0.3, -0.25) is 9.11 Å². The zero-order chi connectivity index (χ0) is 32.7. The highest BCUT2D eigenvalue weighted by Gasteiger charge is 2.21. The predicted molar refractivity (Wildman–Crippen MR) is 168 cm³/mol. The van der Waals surface area contributed by atoms with E-state index in [2.05, 4.69) is 35.8 Å². The molecule has 0 spiro atoms. The molecular weight excluding hydrogens is 648 g/mol. The van der Waals surface area contributed by atoms with Crippen molar-refractivity contribution in [2.75, 3.05) is 16.4 Å². The second-order valence-electron chi connectivity index (χ2n) is 9.65. The van der Waals surface area contributed by atoms with Gasteiger partial charge in [-0.15, -0.1) is 10.2 Å². The number of nitrogens with one attached hydrogen (secondary N) is 2. The number of aromatic hydroxyl groups is 1. The quantitative estimate of drug-likeness (QED) is 0.0633. The molecule has 0 saturated carbocycles. The molecule has 0 saturated heterocycles. The summed E-state index contributed by atoms with van der Waals surface area (Å²) in [7, 11) is -9.35. The van der Waals surface area contributed by atoms with Crippen LogP contribution >= 0.6 is 11.6 Å². The van der Waals surface area contributed by atoms with Crippen LogP contribution in [-0.2, 0) is 20.2 Å². The van der Waals surface area contributed by atoms with Crippen LogP contribution in [0.3, 0.4) is 0 Å². The SMILES string of the molecule is Cc1cc(Nc2nc(Cl)nc(Nc3cc(S(=O)(=O)O)cc4cc(C)c(N=Nc5ccccc5S(=O)(=O)O)c(O)c34)n2)ccc1N. The largest absolute Gasteiger partial charge is 0.505 e. The fourth-order valence-electron chi connectivity index (χ4n) is 4.32. The number of phenols is 1. The van der Waals surface area contributed by atoms with Gasteiger partial charge in [0.05, 0.1) is 10.6 Å². The van der Waals surface area contributed by atoms with E-state index in [0.29, 0.717) is 16.9 Å². The minimum atomic E-state index is -4.72. The number of fused-ring (bicyclic) bond motifs is 1. The minimum Gasteiger partial charge on any atom is -0.505 e. The standard InChI is InChI=1S/C27H23ClN8O7S2/c1-13-10-16(7-8-18(13)29)30-26-32-25(28)33-27(34-26)31-20-12-17(44(38,39)40)11-15-9-14(2)23(24(37)22(15)20)36-35-19-5-3-4-6-21(19)45(41,42)43/h3-12,37H,29H2,1-2H3,(H,38,39,40)(H,41,42,43)(H2,30,31,32,33,34). The zero-order valence-corrected chi connectivity index (χ0v) is 25.6. The topological polar surface area (TPSA) is 242 Å². The monoisotopic (exact) mass is 670 g/mol. The first-order chi connectivity index (χ1) is 21.1. The Bertz CT molecular complexity index is 2250. The third-order valence-electron chi connectivity index (χ3n) is 6.43. The van der Waals surface area contributed by atoms with Crippen LogP contribution in [-0.4, -0.2) is 46.0 Å². The second-order valence-corrected chi connectivity index (χ2v) is 12.8. The highest BCUT2D eigenvalue weighted by Crippen LogP contribution is 2.44. The summed E-state index contributed by atoms with van der Waals surface area (Å²) in [6, 6.07) is 14.1. The summed E-state index contributed by atoms with van der Waals surface area (Å²) in [5.41, 5.74) is 7.77. The van der Waals surface area contributed by atoms with Crippen LogP contribution in [0, 0.1) is 13.8 Å². The van der Waals surface area contributed by atoms with Gasteiger partial charge in [0.15, 0.2) is 5.75 Å². The molecule has 18 heteroatoms. The van der Waals surface area contributed by atoms with Crippen LogP contribution in [0.15, 0.2) is 80.7 Å². The van der Waals surface area contributed by atoms with Gasteiger partial charge in [0.1, 0.15) is 16.3 Å². The molecule has 15 nitrogen and oxygen atoms in total. The van der Waals surface area contributed by atoms with Gasteiger partial charge in [-0.25, -0.2) is 0 Å². The van der Waals surface area contributed by atoms with Crippen LogP contribution < -0.4 is 16.4 Å². The van der Waals surface area contributed by atoms with E-state index in [1.165, 1.54) is 31.2 Å². The van der Waals surface area contributed by atoms with E-state index in [1.54, 1.807) is 18.2 Å². The number of azo groups is 1. The molecule has 0 bridgehead atoms. The molecule has 0 atom stereocenters. The average Bonchev–Trinajstić information content (AvgIpc) is 2.93. The molecular formula is C27H23ClN8O7S2. The van der Waals surface area contributed by atoms with Gasteiger partial charge in [0.25, 0.3) is 20.2 Å². The maximum Gasteiger partial charge on any atom is 0.296 e. The number of benzene rings is 4. The van der Waals surface area contributed by atoms with E-state index in [9.17, 15) is 31.0 Å². The highest BCUT2D eigenvalue weighted by atomic mass is 35.5. The maximum absolute atomic E-state index is 12.1. The van der Waals surface area contributed by atoms with Crippen molar-refractivity contribution in [3.05, 3.63) is 77.1 Å². The fourth-order valence-corrected chi connectivity index (χ4v) is 5.65. The van der Waals surface area contributed by atoms with Gasteiger partial charge in [0.2, 0.25) is 17.2 Å². The van der Waals surface area contributed by atoms with Crippen molar-refractivity contribution in [2.24, 2.45) is 10.2 Å². The summed E-state index contributed by atoms with van der Waals surface area (Å²) in [5.74, 6) is -0.633. The van der Waals surface area contributed by atoms with E-state index in [1.807, 2.05) is 6.92 Å². The summed E-state index contributed by atoms with van der Waals surface area (Å²) in [6.07, 6.45) is 0. The van der Waals surface area contributed by atoms with Gasteiger partial charge in [-0.2, -0.15) is 31.8 Å². The summed E-state index contributed by atoms with van der Waals surface area (Å²) in [5, 5.41) is 25.0. The van der Waals surface area contributed by atoms with E-state index in [-0.39, 0.29) is 45.0 Å². The molecule has 45 heavy (non-hydrogen) atoms. The number of aryl methyl sites for hydroxylation is 2. The molecule has 4 aromatic carbocycles. The number of halogens is 1. The molecule has 0 aliphatic rings. The third kappa shape index (κ3) is 6.92. The molecule has 0 aliphatic carbocycles. The second kappa shape index (κ2) is 11.9. The van der Waals surface area contributed by atoms with Crippen LogP contribution in [0.4, 0.5) is 40.3 Å². The number of nitrogens with zero attached hydrogens (tertiary/aromatic N) is 5. The molecule has 5 aromatic rings. The molecule has 0 fully saturated rings. The summed E-state index contributed by atoms with van der Waals surface area (Å²) < 4.78 is 67.2. The highest BCUT2D eigenvalue weighted by molar-refractivity contribution is 7.86. The average molecular weight is 671 g/mol. The van der Waals surface area contributed by atoms with E-state index < -0.39 is 35.8 Å². The van der Waals surface area contributed by atoms with E-state index >= 15 is 0 Å². The number of hydrogen-bond acceptors (Lipinski definition) is 13. The van der Waals surface area contributed by atoms with Crippen LogP contribution in [0.25, 0.3) is 10.8 Å². The van der Waals surface area contributed by atoms with Crippen LogP contribution in [0.5, 0.6) is 5.75 Å². The molecule has 5 rings (SSSR count). The van der Waals surface area contributed by atoms with Crippen molar-refractivity contribution in [3.8, 4) is 5.75 Å². The van der Waals surface area contributed by atoms with Crippen molar-refractivity contribution < 1.29 is 31.0 Å². The Morgan fingerprint density at radius 3 is 2.18 bits per heavy atom. The number of nitrogen functional groups attached to an aromatic ring is 1. The number of rotatable bonds is 8. The Balaban J connectivity index is 1.63. The minimum absolute atomic E-state index is 0.0176. The van der Waals surface area contributed by atoms with E-state index in [4.69, 9.17) is 17.3 Å². The first-order valence-electron chi connectivity index (χ1n) is 12.7. The normalized spacial score (nSPS) is 12.1. The summed E-state index contributed by atoms with van der Waals surface area (Å²) in [6.45, 7) is 3.36. The molecule has 1 heterocycles. The van der Waals surface area contributed by atoms with Crippen molar-refractivity contribution >= 4 is 82.9 Å². The van der Waals surface area contributed by atoms with Crippen molar-refractivity contribution in [1.82, 2.24) is 15.0 Å². The predicted octanol–water partition coefficient (Wildman–Crippen LogP) is 5.98. The fraction of sp³-hybridized carbons (Fsp3) is 0.0741. The number of nitrogens with two attached hydrogens (primary N) is 1. The van der Waals surface area contributed by atoms with Gasteiger partial charge < -0.3 is 21.5 Å². The lowest BCUT2D eigenvalue weighted by atomic mass is 10.0. The van der Waals surface area contributed by atoms with E-state index in [0.717, 1.165) is 23.8 Å². The lowest BCUT2D eigenvalue weighted by Crippen LogP contribution is -2.06. The third-order valence-corrected chi connectivity index (χ3v) is 8.33. The first kappa shape index (κ1) is 31.5. The van der Waals surface area contributed by atoms with Crippen LogP contribution in [0.2, 0.25) is 5.28 Å². The Morgan fingerprint density at radius 1 is 0.822 bits per heavy atom. The zero-order valence-electron chi connectivity index (χ0n) is 23.3. The number of aromatic nitrogens is 3. The van der Waals surface area contributed by atoms with Crippen molar-refractivity contribution in [2.45, 2.75) is 23.6 Å². The lowest BCUT2D eigenvalue weighted by molar-refractivity contribution is 0.480. The number of hydrogen-bond donors (Lipinski definition) is 6. The Morgan fingerprint density at radius 2 is 1.51 bits per heavy atom. The summed E-state index contributed by atoms with van der Waals surface area (Å²) >= 11 is 6.15. The number of phenolic OH excluding ortho intramolecular Hbond substituents is 1. The molecule has 1 aromatic heterocycles.